The summed E-state index contributed by atoms with van der Waals surface area (Å²) >= 11 is 3.41. The Bertz CT molecular complexity index is 539. The van der Waals surface area contributed by atoms with Gasteiger partial charge in [0, 0.05) is 4.47 Å². The second-order valence-corrected chi connectivity index (χ2v) is 5.73. The van der Waals surface area contributed by atoms with Crippen LogP contribution in [0.2, 0.25) is 0 Å². The summed E-state index contributed by atoms with van der Waals surface area (Å²) in [5.74, 6) is 0. The monoisotopic (exact) mass is 309 g/mol. The lowest BCUT2D eigenvalue weighted by atomic mass is 10.2. The van der Waals surface area contributed by atoms with Crippen LogP contribution in [0.25, 0.3) is 0 Å². The maximum absolute atomic E-state index is 12.1. The topological polar surface area (TPSA) is 29.1 Å². The van der Waals surface area contributed by atoms with Crippen LogP contribution >= 0.6 is 15.9 Å². The zero-order valence-corrected chi connectivity index (χ0v) is 11.7. The molecule has 0 bridgehead atoms. The van der Waals surface area contributed by atoms with Gasteiger partial charge in [-0.25, -0.2) is 4.21 Å². The molecule has 1 unspecified atom stereocenters. The van der Waals surface area contributed by atoms with Crippen molar-refractivity contribution in [3.63, 3.8) is 0 Å². The van der Waals surface area contributed by atoms with Crippen molar-refractivity contribution in [1.29, 1.82) is 0 Å². The zero-order valence-electron chi connectivity index (χ0n) is 9.31. The Morgan fingerprint density at radius 1 is 1.06 bits per heavy atom. The predicted molar refractivity (Wildman–Crippen MR) is 75.4 cm³/mol. The third kappa shape index (κ3) is 3.17. The van der Waals surface area contributed by atoms with Gasteiger partial charge in [-0.05, 0) is 47.1 Å². The van der Waals surface area contributed by atoms with Gasteiger partial charge in [0.15, 0.2) is 0 Å². The molecule has 2 rings (SSSR count). The van der Waals surface area contributed by atoms with Gasteiger partial charge in [0.25, 0.3) is 0 Å². The van der Waals surface area contributed by atoms with E-state index in [4.69, 9.17) is 0 Å². The van der Waals surface area contributed by atoms with Crippen LogP contribution < -0.4 is 4.72 Å². The van der Waals surface area contributed by atoms with Crippen molar-refractivity contribution in [1.82, 2.24) is 0 Å². The highest BCUT2D eigenvalue weighted by Crippen LogP contribution is 2.23. The van der Waals surface area contributed by atoms with E-state index in [1.54, 1.807) is 0 Å². The molecule has 0 aliphatic heterocycles. The predicted octanol–water partition coefficient (Wildman–Crippen LogP) is 3.89. The first-order chi connectivity index (χ1) is 8.16. The molecule has 2 aromatic carbocycles. The Morgan fingerprint density at radius 2 is 1.71 bits per heavy atom. The van der Waals surface area contributed by atoms with Crippen LogP contribution in [-0.4, -0.2) is 4.21 Å². The molecule has 88 valence electrons. The maximum atomic E-state index is 12.1. The van der Waals surface area contributed by atoms with Crippen molar-refractivity contribution in [3.05, 3.63) is 58.6 Å². The molecular weight excluding hydrogens is 298 g/mol. The van der Waals surface area contributed by atoms with E-state index in [1.165, 1.54) is 0 Å². The summed E-state index contributed by atoms with van der Waals surface area (Å²) in [5.41, 5.74) is 1.98. The van der Waals surface area contributed by atoms with Crippen LogP contribution in [0, 0.1) is 6.92 Å². The van der Waals surface area contributed by atoms with E-state index in [0.29, 0.717) is 0 Å². The Balaban J connectivity index is 2.17. The van der Waals surface area contributed by atoms with E-state index < -0.39 is 11.0 Å². The Morgan fingerprint density at radius 3 is 2.35 bits per heavy atom. The molecule has 2 nitrogen and oxygen atoms in total. The first-order valence-corrected chi connectivity index (χ1v) is 7.11. The molecule has 0 aromatic heterocycles. The SMILES string of the molecule is Cc1ccc(S(=O)Nc2ccccc2Br)cc1. The van der Waals surface area contributed by atoms with Gasteiger partial charge in [-0.2, -0.15) is 0 Å². The first kappa shape index (κ1) is 12.3. The molecule has 0 heterocycles. The number of halogens is 1. The molecule has 0 spiro atoms. The molecule has 0 aliphatic carbocycles. The van der Waals surface area contributed by atoms with E-state index in [2.05, 4.69) is 20.7 Å². The lowest BCUT2D eigenvalue weighted by molar-refractivity contribution is 0.686. The third-order valence-electron chi connectivity index (χ3n) is 2.31. The number of rotatable bonds is 3. The summed E-state index contributed by atoms with van der Waals surface area (Å²) in [7, 11) is -1.23. The van der Waals surface area contributed by atoms with Gasteiger partial charge in [0.05, 0.1) is 10.6 Å². The van der Waals surface area contributed by atoms with Crippen molar-refractivity contribution in [2.24, 2.45) is 0 Å². The van der Waals surface area contributed by atoms with Crippen LogP contribution in [0.4, 0.5) is 5.69 Å². The summed E-state index contributed by atoms with van der Waals surface area (Å²) in [6, 6.07) is 15.3. The van der Waals surface area contributed by atoms with Crippen molar-refractivity contribution in [2.75, 3.05) is 4.72 Å². The quantitative estimate of drug-likeness (QED) is 0.915. The van der Waals surface area contributed by atoms with Gasteiger partial charge >= 0.3 is 0 Å². The average molecular weight is 310 g/mol. The van der Waals surface area contributed by atoms with Gasteiger partial charge < -0.3 is 4.72 Å². The van der Waals surface area contributed by atoms with E-state index in [9.17, 15) is 4.21 Å². The highest BCUT2D eigenvalue weighted by Gasteiger charge is 2.05. The smallest absolute Gasteiger partial charge is 0.150 e. The highest BCUT2D eigenvalue weighted by atomic mass is 79.9. The van der Waals surface area contributed by atoms with Gasteiger partial charge in [0.2, 0.25) is 0 Å². The van der Waals surface area contributed by atoms with Crippen LogP contribution in [-0.2, 0) is 11.0 Å². The summed E-state index contributed by atoms with van der Waals surface area (Å²) in [6.07, 6.45) is 0. The Kier molecular flexibility index (Phi) is 3.97. The minimum atomic E-state index is -1.23. The van der Waals surface area contributed by atoms with E-state index >= 15 is 0 Å². The number of hydrogen-bond acceptors (Lipinski definition) is 1. The Labute approximate surface area is 112 Å². The molecule has 0 radical (unpaired) electrons. The standard InChI is InChI=1S/C13H12BrNOS/c1-10-6-8-11(9-7-10)17(16)15-13-5-3-2-4-12(13)14/h2-9,15H,1H3. The molecule has 4 heteroatoms. The number of anilines is 1. The van der Waals surface area contributed by atoms with Crippen molar-refractivity contribution in [2.45, 2.75) is 11.8 Å². The van der Waals surface area contributed by atoms with Crippen molar-refractivity contribution in [3.8, 4) is 0 Å². The van der Waals surface area contributed by atoms with Crippen LogP contribution in [0.15, 0.2) is 57.9 Å². The normalized spacial score (nSPS) is 12.1. The number of para-hydroxylation sites is 1. The summed E-state index contributed by atoms with van der Waals surface area (Å²) < 4.78 is 15.9. The minimum Gasteiger partial charge on any atom is -0.300 e. The number of nitrogens with one attached hydrogen (secondary N) is 1. The lowest BCUT2D eigenvalue weighted by Crippen LogP contribution is -2.04. The van der Waals surface area contributed by atoms with E-state index in [1.807, 2.05) is 55.5 Å². The highest BCUT2D eigenvalue weighted by molar-refractivity contribution is 9.10. The van der Waals surface area contributed by atoms with Gasteiger partial charge in [-0.15, -0.1) is 0 Å². The van der Waals surface area contributed by atoms with E-state index in [0.717, 1.165) is 20.6 Å². The molecule has 0 saturated carbocycles. The molecule has 2 aromatic rings. The molecule has 1 N–H and O–H groups in total. The fourth-order valence-electron chi connectivity index (χ4n) is 1.36. The molecule has 17 heavy (non-hydrogen) atoms. The molecular formula is C13H12BrNOS. The maximum Gasteiger partial charge on any atom is 0.150 e. The summed E-state index contributed by atoms with van der Waals surface area (Å²) in [4.78, 5) is 0.770. The van der Waals surface area contributed by atoms with Gasteiger partial charge in [0.1, 0.15) is 11.0 Å². The third-order valence-corrected chi connectivity index (χ3v) is 4.11. The van der Waals surface area contributed by atoms with Gasteiger partial charge in [-0.1, -0.05) is 29.8 Å². The van der Waals surface area contributed by atoms with E-state index in [-0.39, 0.29) is 0 Å². The molecule has 0 saturated heterocycles. The summed E-state index contributed by atoms with van der Waals surface area (Å²) in [5, 5.41) is 0. The first-order valence-electron chi connectivity index (χ1n) is 5.16. The average Bonchev–Trinajstić information content (AvgIpc) is 2.33. The van der Waals surface area contributed by atoms with Crippen molar-refractivity contribution >= 4 is 32.6 Å². The van der Waals surface area contributed by atoms with Crippen LogP contribution in [0.3, 0.4) is 0 Å². The summed E-state index contributed by atoms with van der Waals surface area (Å²) in [6.45, 7) is 2.01. The van der Waals surface area contributed by atoms with Gasteiger partial charge in [-0.3, -0.25) is 0 Å². The molecule has 0 aliphatic rings. The fourth-order valence-corrected chi connectivity index (χ4v) is 2.76. The lowest BCUT2D eigenvalue weighted by Gasteiger charge is -2.07. The largest absolute Gasteiger partial charge is 0.300 e. The molecule has 0 amide bonds. The number of aryl methyl sites for hydroxylation is 1. The number of hydrogen-bond donors (Lipinski definition) is 1. The second kappa shape index (κ2) is 5.47. The van der Waals surface area contributed by atoms with Crippen molar-refractivity contribution < 1.29 is 4.21 Å². The number of benzene rings is 2. The molecule has 1 atom stereocenters. The molecule has 0 fully saturated rings. The van der Waals surface area contributed by atoms with Crippen LogP contribution in [0.5, 0.6) is 0 Å². The Hall–Kier alpha value is -1.13. The minimum absolute atomic E-state index is 0.770. The van der Waals surface area contributed by atoms with Crippen LogP contribution in [0.1, 0.15) is 5.56 Å². The zero-order chi connectivity index (χ0) is 12.3. The fraction of sp³-hybridized carbons (Fsp3) is 0.0769. The second-order valence-electron chi connectivity index (χ2n) is 3.66.